The summed E-state index contributed by atoms with van der Waals surface area (Å²) in [6.45, 7) is 5.71. The molecule has 8 heteroatoms. The molecule has 5 rings (SSSR count). The number of aromatic nitrogens is 4. The zero-order valence-electron chi connectivity index (χ0n) is 15.1. The minimum absolute atomic E-state index is 0.266. The Morgan fingerprint density at radius 3 is 2.93 bits per heavy atom. The highest BCUT2D eigenvalue weighted by Gasteiger charge is 2.31. The Hall–Kier alpha value is -1.87. The molecular formula is C19H19N5S3. The lowest BCUT2D eigenvalue weighted by atomic mass is 9.99. The number of aryl methyl sites for hydroxylation is 2. The van der Waals surface area contributed by atoms with Crippen molar-refractivity contribution in [2.45, 2.75) is 33.0 Å². The molecule has 0 radical (unpaired) electrons. The Labute approximate surface area is 170 Å². The van der Waals surface area contributed by atoms with Crippen LogP contribution in [0, 0.1) is 18.6 Å². The maximum atomic E-state index is 5.73. The Morgan fingerprint density at radius 2 is 2.11 bits per heavy atom. The Morgan fingerprint density at radius 1 is 1.22 bits per heavy atom. The van der Waals surface area contributed by atoms with Gasteiger partial charge in [0.25, 0.3) is 5.78 Å². The third-order valence-corrected chi connectivity index (χ3v) is 7.38. The minimum atomic E-state index is 0.266. The second-order valence-corrected chi connectivity index (χ2v) is 9.22. The van der Waals surface area contributed by atoms with Crippen LogP contribution in [-0.2, 0) is 13.1 Å². The first kappa shape index (κ1) is 17.2. The van der Waals surface area contributed by atoms with E-state index in [0.717, 1.165) is 24.4 Å². The van der Waals surface area contributed by atoms with Crippen LogP contribution in [0.5, 0.6) is 0 Å². The summed E-state index contributed by atoms with van der Waals surface area (Å²) in [6.07, 6.45) is 1.08. The summed E-state index contributed by atoms with van der Waals surface area (Å²) < 4.78 is 4.58. The summed E-state index contributed by atoms with van der Waals surface area (Å²) in [5.74, 6) is 0.679. The van der Waals surface area contributed by atoms with Gasteiger partial charge in [0.15, 0.2) is 0 Å². The van der Waals surface area contributed by atoms with Gasteiger partial charge in [0.1, 0.15) is 0 Å². The lowest BCUT2D eigenvalue weighted by Gasteiger charge is -2.35. The molecule has 5 heterocycles. The fourth-order valence-corrected chi connectivity index (χ4v) is 6.00. The average molecular weight is 414 g/mol. The molecule has 0 amide bonds. The topological polar surface area (TPSA) is 38.4 Å². The van der Waals surface area contributed by atoms with Crippen LogP contribution < -0.4 is 0 Å². The lowest BCUT2D eigenvalue weighted by molar-refractivity contribution is 0.158. The van der Waals surface area contributed by atoms with Crippen molar-refractivity contribution in [3.8, 4) is 0 Å². The number of nitrogens with zero attached hydrogens (tertiary/aromatic N) is 5. The van der Waals surface area contributed by atoms with Gasteiger partial charge in [-0.3, -0.25) is 9.30 Å². The van der Waals surface area contributed by atoms with Gasteiger partial charge in [0, 0.05) is 27.7 Å². The van der Waals surface area contributed by atoms with E-state index in [2.05, 4.69) is 45.8 Å². The van der Waals surface area contributed by atoms with E-state index in [1.165, 1.54) is 15.3 Å². The molecule has 5 nitrogen and oxygen atoms in total. The first-order valence-corrected chi connectivity index (χ1v) is 11.1. The predicted molar refractivity (Wildman–Crippen MR) is 112 cm³/mol. The molecule has 1 aliphatic heterocycles. The van der Waals surface area contributed by atoms with Crippen LogP contribution in [0.4, 0.5) is 0 Å². The summed E-state index contributed by atoms with van der Waals surface area (Å²) in [4.78, 5) is 9.90. The molecule has 0 saturated heterocycles. The van der Waals surface area contributed by atoms with Crippen molar-refractivity contribution in [3.63, 3.8) is 0 Å². The van der Waals surface area contributed by atoms with Crippen molar-refractivity contribution in [2.75, 3.05) is 6.54 Å². The van der Waals surface area contributed by atoms with Gasteiger partial charge in [-0.25, -0.2) is 9.67 Å². The monoisotopic (exact) mass is 413 g/mol. The average Bonchev–Trinajstić information content (AvgIpc) is 3.36. The zero-order valence-corrected chi connectivity index (χ0v) is 17.6. The van der Waals surface area contributed by atoms with Crippen molar-refractivity contribution >= 4 is 40.7 Å². The molecule has 0 fully saturated rings. The second kappa shape index (κ2) is 6.63. The normalized spacial score (nSPS) is 17.5. The van der Waals surface area contributed by atoms with Crippen LogP contribution in [0.15, 0.2) is 35.0 Å². The molecule has 0 spiro atoms. The van der Waals surface area contributed by atoms with Crippen LogP contribution in [0.2, 0.25) is 0 Å². The van der Waals surface area contributed by atoms with Gasteiger partial charge in [-0.1, -0.05) is 6.07 Å². The fraction of sp³-hybridized carbons (Fsp3) is 0.316. The summed E-state index contributed by atoms with van der Waals surface area (Å²) in [6, 6.07) is 8.94. The van der Waals surface area contributed by atoms with E-state index < -0.39 is 0 Å². The van der Waals surface area contributed by atoms with Gasteiger partial charge in [0.05, 0.1) is 12.7 Å². The Bertz CT molecular complexity index is 1170. The van der Waals surface area contributed by atoms with Gasteiger partial charge in [-0.2, -0.15) is 0 Å². The molecular weight excluding hydrogens is 394 g/mol. The van der Waals surface area contributed by atoms with E-state index in [0.29, 0.717) is 17.2 Å². The third kappa shape index (κ3) is 2.87. The predicted octanol–water partition coefficient (Wildman–Crippen LogP) is 4.61. The van der Waals surface area contributed by atoms with Gasteiger partial charge in [-0.15, -0.1) is 27.8 Å². The van der Waals surface area contributed by atoms with E-state index in [9.17, 15) is 0 Å². The molecule has 27 heavy (non-hydrogen) atoms. The van der Waals surface area contributed by atoms with E-state index in [4.69, 9.17) is 17.3 Å². The molecule has 4 aromatic heterocycles. The molecule has 0 bridgehead atoms. The summed E-state index contributed by atoms with van der Waals surface area (Å²) in [5.41, 5.74) is 3.46. The molecule has 0 aliphatic carbocycles. The number of fused-ring (bicyclic) bond motifs is 2. The van der Waals surface area contributed by atoms with E-state index >= 15 is 0 Å². The number of rotatable bonds is 3. The molecule has 0 aromatic carbocycles. The Kier molecular flexibility index (Phi) is 4.23. The highest BCUT2D eigenvalue weighted by atomic mass is 32.1. The van der Waals surface area contributed by atoms with Crippen molar-refractivity contribution in [3.05, 3.63) is 66.5 Å². The van der Waals surface area contributed by atoms with Gasteiger partial charge in [-0.05, 0) is 67.0 Å². The molecule has 138 valence electrons. The number of hydrogen-bond donors (Lipinski definition) is 0. The molecule has 0 unspecified atom stereocenters. The van der Waals surface area contributed by atoms with Crippen molar-refractivity contribution in [2.24, 2.45) is 0 Å². The van der Waals surface area contributed by atoms with Crippen molar-refractivity contribution in [1.29, 1.82) is 0 Å². The summed E-state index contributed by atoms with van der Waals surface area (Å²) in [7, 11) is 0. The zero-order chi connectivity index (χ0) is 18.5. The van der Waals surface area contributed by atoms with Crippen LogP contribution >= 0.6 is 34.9 Å². The SMILES string of the molecule is Cc1cc(C)n2c(=S)n(CN3CCc4sccc4[C@@H]3c3cccs3)nc2n1. The van der Waals surface area contributed by atoms with Gasteiger partial charge in [0.2, 0.25) is 4.77 Å². The largest absolute Gasteiger partial charge is 0.272 e. The molecule has 1 atom stereocenters. The fourth-order valence-electron chi connectivity index (χ4n) is 3.90. The van der Waals surface area contributed by atoms with Crippen LogP contribution in [0.1, 0.15) is 32.7 Å². The molecule has 4 aromatic rings. The smallest absolute Gasteiger partial charge is 0.254 e. The minimum Gasteiger partial charge on any atom is -0.272 e. The quantitative estimate of drug-likeness (QED) is 0.460. The first-order valence-electron chi connectivity index (χ1n) is 8.89. The second-order valence-electron chi connectivity index (χ2n) is 6.88. The van der Waals surface area contributed by atoms with Crippen LogP contribution in [0.25, 0.3) is 5.78 Å². The van der Waals surface area contributed by atoms with Crippen molar-refractivity contribution < 1.29 is 0 Å². The van der Waals surface area contributed by atoms with Gasteiger partial charge < -0.3 is 0 Å². The highest BCUT2D eigenvalue weighted by Crippen LogP contribution is 2.39. The van der Waals surface area contributed by atoms with Gasteiger partial charge >= 0.3 is 0 Å². The molecule has 1 aliphatic rings. The number of thiophene rings is 2. The maximum absolute atomic E-state index is 5.73. The van der Waals surface area contributed by atoms with E-state index in [1.54, 1.807) is 0 Å². The summed E-state index contributed by atoms with van der Waals surface area (Å²) >= 11 is 9.41. The lowest BCUT2D eigenvalue weighted by Crippen LogP contribution is -2.36. The summed E-state index contributed by atoms with van der Waals surface area (Å²) in [5, 5.41) is 9.08. The molecule has 0 N–H and O–H groups in total. The highest BCUT2D eigenvalue weighted by molar-refractivity contribution is 7.71. The van der Waals surface area contributed by atoms with E-state index in [1.807, 2.05) is 44.7 Å². The van der Waals surface area contributed by atoms with Crippen molar-refractivity contribution in [1.82, 2.24) is 24.1 Å². The first-order chi connectivity index (χ1) is 13.1. The standard InChI is InChI=1S/C19H19N5S3/c1-12-10-13(2)24-18(20-12)21-23(19(24)25)11-22-7-5-15-14(6-9-27-15)17(22)16-4-3-8-26-16/h3-4,6,8-10,17H,5,7,11H2,1-2H3/t17-/m1/s1. The van der Waals surface area contributed by atoms with E-state index in [-0.39, 0.29) is 6.04 Å². The third-order valence-electron chi connectivity index (χ3n) is 5.06. The number of hydrogen-bond acceptors (Lipinski definition) is 6. The van der Waals surface area contributed by atoms with Crippen LogP contribution in [-0.4, -0.2) is 30.6 Å². The maximum Gasteiger partial charge on any atom is 0.254 e. The van der Waals surface area contributed by atoms with Crippen LogP contribution in [0.3, 0.4) is 0 Å². The molecule has 0 saturated carbocycles. The Balaban J connectivity index is 1.57.